The molecule has 0 bridgehead atoms. The summed E-state index contributed by atoms with van der Waals surface area (Å²) in [6.45, 7) is 4.94. The topological polar surface area (TPSA) is 30.7 Å². The molecule has 0 atom stereocenters. The van der Waals surface area contributed by atoms with Gasteiger partial charge in [0.2, 0.25) is 0 Å². The van der Waals surface area contributed by atoms with Gasteiger partial charge in [0, 0.05) is 29.1 Å². The lowest BCUT2D eigenvalue weighted by Gasteiger charge is -2.23. The van der Waals surface area contributed by atoms with Crippen LogP contribution in [0.25, 0.3) is 0 Å². The molecule has 20 heavy (non-hydrogen) atoms. The molecule has 0 aromatic heterocycles. The number of hydrogen-bond acceptors (Lipinski definition) is 2. The molecule has 6 heteroatoms. The normalized spacial score (nSPS) is 16.4. The highest BCUT2D eigenvalue weighted by molar-refractivity contribution is 14.1. The summed E-state index contributed by atoms with van der Waals surface area (Å²) in [6, 6.07) is 4.12. The average Bonchev–Trinajstić information content (AvgIpc) is 2.44. The lowest BCUT2D eigenvalue weighted by Crippen LogP contribution is -3.14. The van der Waals surface area contributed by atoms with Crippen LogP contribution in [0.3, 0.4) is 0 Å². The molecule has 0 saturated carbocycles. The van der Waals surface area contributed by atoms with Crippen LogP contribution in [-0.2, 0) is 4.74 Å². The van der Waals surface area contributed by atoms with E-state index in [1.165, 1.54) is 0 Å². The van der Waals surface area contributed by atoms with Crippen molar-refractivity contribution in [2.24, 2.45) is 0 Å². The quantitative estimate of drug-likeness (QED) is 0.315. The number of quaternary nitrogens is 1. The van der Waals surface area contributed by atoms with E-state index in [0.29, 0.717) is 6.42 Å². The third kappa shape index (κ3) is 5.03. The number of hydrogen-bond donors (Lipinski definition) is 1. The predicted molar refractivity (Wildman–Crippen MR) is 105 cm³/mol. The fourth-order valence-corrected chi connectivity index (χ4v) is 4.76. The Morgan fingerprint density at radius 3 is 2.60 bits per heavy atom. The van der Waals surface area contributed by atoms with Gasteiger partial charge in [-0.05, 0) is 79.9 Å². The largest absolute Gasteiger partial charge is 0.370 e. The minimum Gasteiger partial charge on any atom is -0.370 e. The Balaban J connectivity index is 1.88. The smallest absolute Gasteiger partial charge is 0.164 e. The van der Waals surface area contributed by atoms with E-state index in [1.54, 1.807) is 4.90 Å². The van der Waals surface area contributed by atoms with E-state index in [2.05, 4.69) is 73.8 Å². The highest BCUT2D eigenvalue weighted by Crippen LogP contribution is 2.24. The lowest BCUT2D eigenvalue weighted by molar-refractivity contribution is -0.908. The minimum atomic E-state index is 0.276. The molecule has 2 rings (SSSR count). The van der Waals surface area contributed by atoms with Crippen molar-refractivity contribution in [2.45, 2.75) is 12.8 Å². The summed E-state index contributed by atoms with van der Waals surface area (Å²) in [5, 5.41) is 0. The molecule has 0 radical (unpaired) electrons. The van der Waals surface area contributed by atoms with E-state index < -0.39 is 0 Å². The molecule has 1 N–H and O–H groups in total. The molecule has 1 aromatic carbocycles. The molecule has 0 aliphatic carbocycles. The van der Waals surface area contributed by atoms with E-state index in [9.17, 15) is 4.79 Å². The number of carbonyl (C=O) groups excluding carboxylic acids is 1. The molecule has 1 aliphatic heterocycles. The Bertz CT molecular complexity index is 488. The number of nitrogens with one attached hydrogen (secondary N) is 1. The third-order valence-corrected chi connectivity index (χ3v) is 7.10. The third-order valence-electron chi connectivity index (χ3n) is 3.43. The Morgan fingerprint density at radius 1 is 1.20 bits per heavy atom. The van der Waals surface area contributed by atoms with Crippen LogP contribution >= 0.6 is 67.8 Å². The zero-order chi connectivity index (χ0) is 14.5. The van der Waals surface area contributed by atoms with Gasteiger partial charge in [-0.1, -0.05) is 0 Å². The van der Waals surface area contributed by atoms with Crippen LogP contribution in [0.1, 0.15) is 23.2 Å². The fraction of sp³-hybridized carbons (Fsp3) is 0.500. The summed E-state index contributed by atoms with van der Waals surface area (Å²) < 4.78 is 8.74. The molecule has 1 heterocycles. The van der Waals surface area contributed by atoms with Crippen LogP contribution in [0.5, 0.6) is 0 Å². The van der Waals surface area contributed by atoms with Crippen molar-refractivity contribution in [3.63, 3.8) is 0 Å². The van der Waals surface area contributed by atoms with Crippen LogP contribution < -0.4 is 4.90 Å². The fourth-order valence-electron chi connectivity index (χ4n) is 2.30. The van der Waals surface area contributed by atoms with E-state index in [1.807, 2.05) is 6.07 Å². The number of benzene rings is 1. The van der Waals surface area contributed by atoms with E-state index in [-0.39, 0.29) is 5.78 Å². The maximum atomic E-state index is 12.4. The van der Waals surface area contributed by atoms with Gasteiger partial charge in [0.05, 0.1) is 19.8 Å². The van der Waals surface area contributed by atoms with Gasteiger partial charge < -0.3 is 9.64 Å². The summed E-state index contributed by atoms with van der Waals surface area (Å²) in [5.74, 6) is 0.276. The highest BCUT2D eigenvalue weighted by Gasteiger charge is 2.16. The SMILES string of the molecule is O=C(CCC[NH+]1CCOCC1)c1cc(I)cc(I)c1I. The Labute approximate surface area is 160 Å². The van der Waals surface area contributed by atoms with Crippen LogP contribution in [0.15, 0.2) is 12.1 Å². The first-order valence-electron chi connectivity index (χ1n) is 6.67. The maximum Gasteiger partial charge on any atom is 0.164 e. The molecule has 0 amide bonds. The van der Waals surface area contributed by atoms with Gasteiger partial charge in [-0.25, -0.2) is 0 Å². The lowest BCUT2D eigenvalue weighted by atomic mass is 10.1. The van der Waals surface area contributed by atoms with Crippen molar-refractivity contribution in [2.75, 3.05) is 32.8 Å². The number of carbonyl (C=O) groups is 1. The summed E-state index contributed by atoms with van der Waals surface area (Å²) >= 11 is 6.85. The van der Waals surface area contributed by atoms with Crippen molar-refractivity contribution in [3.05, 3.63) is 28.4 Å². The molecule has 0 unspecified atom stereocenters. The summed E-state index contributed by atoms with van der Waals surface area (Å²) in [5.41, 5.74) is 0.888. The maximum absolute atomic E-state index is 12.4. The zero-order valence-corrected chi connectivity index (χ0v) is 17.5. The van der Waals surface area contributed by atoms with Crippen molar-refractivity contribution in [3.8, 4) is 0 Å². The van der Waals surface area contributed by atoms with Crippen LogP contribution in [0, 0.1) is 10.7 Å². The van der Waals surface area contributed by atoms with Crippen molar-refractivity contribution in [1.82, 2.24) is 0 Å². The first kappa shape index (κ1) is 17.4. The summed E-state index contributed by atoms with van der Waals surface area (Å²) in [7, 11) is 0. The number of halogens is 3. The van der Waals surface area contributed by atoms with Gasteiger partial charge in [-0.15, -0.1) is 0 Å². The monoisotopic (exact) mass is 612 g/mol. The average molecular weight is 612 g/mol. The first-order valence-corrected chi connectivity index (χ1v) is 9.90. The minimum absolute atomic E-state index is 0.276. The Hall–Kier alpha value is 1.000. The first-order chi connectivity index (χ1) is 9.58. The number of ether oxygens (including phenoxy) is 1. The molecule has 110 valence electrons. The molecular weight excluding hydrogens is 595 g/mol. The second kappa shape index (κ2) is 8.59. The van der Waals surface area contributed by atoms with Crippen LogP contribution in [0.4, 0.5) is 0 Å². The standard InChI is InChI=1S/C14H16I3NO2/c15-10-8-11(14(17)12(16)9-10)13(19)2-1-3-18-4-6-20-7-5-18/h8-9H,1-7H2/p+1. The molecule has 1 saturated heterocycles. The van der Waals surface area contributed by atoms with Gasteiger partial charge in [0.1, 0.15) is 13.1 Å². The Kier molecular flexibility index (Phi) is 7.45. The molecule has 3 nitrogen and oxygen atoms in total. The van der Waals surface area contributed by atoms with Gasteiger partial charge in [-0.3, -0.25) is 4.79 Å². The van der Waals surface area contributed by atoms with E-state index >= 15 is 0 Å². The highest BCUT2D eigenvalue weighted by atomic mass is 127. The molecule has 1 aliphatic rings. The van der Waals surface area contributed by atoms with Crippen molar-refractivity contribution < 1.29 is 14.4 Å². The number of morpholine rings is 1. The number of ketones is 1. The Morgan fingerprint density at radius 2 is 1.90 bits per heavy atom. The summed E-state index contributed by atoms with van der Waals surface area (Å²) in [4.78, 5) is 13.9. The van der Waals surface area contributed by atoms with Gasteiger partial charge in [0.15, 0.2) is 5.78 Å². The van der Waals surface area contributed by atoms with Crippen molar-refractivity contribution >= 4 is 73.6 Å². The van der Waals surface area contributed by atoms with E-state index in [4.69, 9.17) is 4.74 Å². The number of rotatable bonds is 5. The van der Waals surface area contributed by atoms with Crippen LogP contribution in [-0.4, -0.2) is 38.6 Å². The molecule has 0 spiro atoms. The molecule has 1 aromatic rings. The van der Waals surface area contributed by atoms with E-state index in [0.717, 1.165) is 55.5 Å². The molecular formula is C14H17I3NO2+. The number of Topliss-reactive ketones (excluding diaryl/α,β-unsaturated/α-hetero) is 1. The van der Waals surface area contributed by atoms with Gasteiger partial charge in [0.25, 0.3) is 0 Å². The van der Waals surface area contributed by atoms with Crippen molar-refractivity contribution in [1.29, 1.82) is 0 Å². The van der Waals surface area contributed by atoms with Gasteiger partial charge >= 0.3 is 0 Å². The second-order valence-corrected chi connectivity index (χ2v) is 8.37. The van der Waals surface area contributed by atoms with Gasteiger partial charge in [-0.2, -0.15) is 0 Å². The second-order valence-electron chi connectivity index (χ2n) is 4.89. The summed E-state index contributed by atoms with van der Waals surface area (Å²) in [6.07, 6.45) is 1.61. The predicted octanol–water partition coefficient (Wildman–Crippen LogP) is 2.38. The van der Waals surface area contributed by atoms with Crippen LogP contribution in [0.2, 0.25) is 0 Å². The zero-order valence-electron chi connectivity index (χ0n) is 11.1. The molecule has 1 fully saturated rings.